The minimum absolute atomic E-state index is 0.107. The highest BCUT2D eigenvalue weighted by Crippen LogP contribution is 2.45. The molecule has 5 aromatic carbocycles. The van der Waals surface area contributed by atoms with Crippen molar-refractivity contribution in [1.29, 1.82) is 0 Å². The van der Waals surface area contributed by atoms with Crippen LogP contribution < -0.4 is 16.4 Å². The molecule has 0 atom stereocenters. The van der Waals surface area contributed by atoms with Crippen LogP contribution in [0.5, 0.6) is 5.75 Å². The monoisotopic (exact) mass is 466 g/mol. The van der Waals surface area contributed by atoms with E-state index in [-0.39, 0.29) is 17.0 Å². The lowest BCUT2D eigenvalue weighted by Gasteiger charge is -2.14. The normalized spacial score (nSPS) is 14.4. The summed E-state index contributed by atoms with van der Waals surface area (Å²) in [7, 11) is 0. The number of nitrogen functional groups attached to an aromatic ring is 1. The fourth-order valence-corrected chi connectivity index (χ4v) is 6.23. The third-order valence-corrected chi connectivity index (χ3v) is 7.84. The van der Waals surface area contributed by atoms with Crippen LogP contribution in [0.1, 0.15) is 16.7 Å². The molecule has 2 aliphatic rings. The van der Waals surface area contributed by atoms with Gasteiger partial charge >= 0.3 is 0 Å². The van der Waals surface area contributed by atoms with Gasteiger partial charge in [0, 0.05) is 44.3 Å². The molecule has 8 rings (SSSR count). The summed E-state index contributed by atoms with van der Waals surface area (Å²) in [5, 5.41) is 19.2. The Bertz CT molecular complexity index is 2270. The summed E-state index contributed by atoms with van der Waals surface area (Å²) in [6, 6.07) is 15.2. The van der Waals surface area contributed by atoms with Gasteiger partial charge in [0.25, 0.3) is 0 Å². The number of phenolic OH excluding ortho intramolecular Hbond substituents is 1. The number of anilines is 1. The molecule has 5 nitrogen and oxygen atoms in total. The van der Waals surface area contributed by atoms with Gasteiger partial charge in [0.1, 0.15) is 5.75 Å². The van der Waals surface area contributed by atoms with Crippen LogP contribution in [0.15, 0.2) is 59.4 Å². The van der Waals surface area contributed by atoms with Crippen LogP contribution in [0.3, 0.4) is 0 Å². The maximum absolute atomic E-state index is 13.5. The van der Waals surface area contributed by atoms with Gasteiger partial charge in [-0.1, -0.05) is 48.6 Å². The first-order chi connectivity index (χ1) is 17.5. The molecule has 1 heterocycles. The summed E-state index contributed by atoms with van der Waals surface area (Å²) < 4.78 is 0. The first kappa shape index (κ1) is 19.5. The van der Waals surface area contributed by atoms with E-state index in [4.69, 9.17) is 10.7 Å². The lowest BCUT2D eigenvalue weighted by atomic mass is 9.89. The first-order valence-electron chi connectivity index (χ1n) is 11.9. The van der Waals surface area contributed by atoms with E-state index >= 15 is 0 Å². The number of phenols is 1. The van der Waals surface area contributed by atoms with Crippen molar-refractivity contribution in [3.8, 4) is 5.75 Å². The van der Waals surface area contributed by atoms with Gasteiger partial charge in [0.15, 0.2) is 11.2 Å². The molecule has 0 radical (unpaired) electrons. The van der Waals surface area contributed by atoms with E-state index in [0.29, 0.717) is 51.0 Å². The smallest absolute Gasteiger partial charge is 0.196 e. The van der Waals surface area contributed by atoms with Crippen LogP contribution in [-0.2, 0) is 17.6 Å². The van der Waals surface area contributed by atoms with E-state index in [1.54, 1.807) is 18.2 Å². The van der Waals surface area contributed by atoms with E-state index in [1.165, 1.54) is 0 Å². The van der Waals surface area contributed by atoms with Crippen LogP contribution in [0, 0.1) is 10.6 Å². The third kappa shape index (κ3) is 2.27. The van der Waals surface area contributed by atoms with Gasteiger partial charge in [0.05, 0.1) is 16.3 Å². The molecule has 0 amide bonds. The highest BCUT2D eigenvalue weighted by molar-refractivity contribution is 6.32. The van der Waals surface area contributed by atoms with Crippen LogP contribution in [0.2, 0.25) is 0 Å². The van der Waals surface area contributed by atoms with Crippen molar-refractivity contribution >= 4 is 66.8 Å². The summed E-state index contributed by atoms with van der Waals surface area (Å²) in [4.78, 5) is 30.5. The number of nitrogens with zero attached hydrogens (tertiary/aromatic N) is 1. The Morgan fingerprint density at radius 1 is 0.861 bits per heavy atom. The van der Waals surface area contributed by atoms with Crippen LogP contribution in [-0.4, -0.2) is 15.9 Å². The number of aromatic hydroxyl groups is 1. The van der Waals surface area contributed by atoms with Crippen molar-refractivity contribution in [2.24, 2.45) is 0 Å². The maximum atomic E-state index is 13.5. The van der Waals surface area contributed by atoms with E-state index in [2.05, 4.69) is 18.2 Å². The minimum atomic E-state index is -0.136. The standard InChI is InChI=1S/C31H18N2O3/c32-23-10-9-20-24-25(18-3-1-2-4-19(18)30(35)27(23)24)31(36)26-21-8-6-15-11-16-12-17(34)7-5-14(16)13-22(15)28(21)33-29(20)26/h1-7,9-11,13,36H,8,12,32H2. The van der Waals surface area contributed by atoms with E-state index in [1.807, 2.05) is 30.3 Å². The molecule has 2 aliphatic carbocycles. The summed E-state index contributed by atoms with van der Waals surface area (Å²) in [6.45, 7) is 0. The summed E-state index contributed by atoms with van der Waals surface area (Å²) >= 11 is 0. The number of rotatable bonds is 0. The molecule has 3 N–H and O–H groups in total. The Labute approximate surface area is 203 Å². The number of allylic oxidation sites excluding steroid dienone is 1. The number of ketones is 1. The Morgan fingerprint density at radius 2 is 1.69 bits per heavy atom. The van der Waals surface area contributed by atoms with Crippen molar-refractivity contribution in [3.05, 3.63) is 97.3 Å². The highest BCUT2D eigenvalue weighted by atomic mass is 16.3. The van der Waals surface area contributed by atoms with Crippen molar-refractivity contribution in [1.82, 2.24) is 4.98 Å². The Morgan fingerprint density at radius 3 is 2.56 bits per heavy atom. The van der Waals surface area contributed by atoms with E-state index in [0.717, 1.165) is 43.2 Å². The van der Waals surface area contributed by atoms with Crippen molar-refractivity contribution in [2.75, 3.05) is 5.73 Å². The number of nitrogens with two attached hydrogens (primary N) is 1. The molecular weight excluding hydrogens is 448 g/mol. The fraction of sp³-hybridized carbons (Fsp3) is 0.0645. The topological polar surface area (TPSA) is 93.3 Å². The average Bonchev–Trinajstić information content (AvgIpc) is 3.28. The summed E-state index contributed by atoms with van der Waals surface area (Å²) in [6.07, 6.45) is 6.65. The van der Waals surface area contributed by atoms with Gasteiger partial charge in [-0.2, -0.15) is 0 Å². The average molecular weight is 466 g/mol. The SMILES string of the molecule is Nc1ccc2c3nc4c(c3c(O)c3c5ccccc5c(=O)c1c23)CC=c1cc2c(cc1=4)C=CC(=O)C2. The van der Waals surface area contributed by atoms with E-state index < -0.39 is 0 Å². The fourth-order valence-electron chi connectivity index (χ4n) is 6.23. The molecule has 6 aromatic rings. The molecule has 0 bridgehead atoms. The lowest BCUT2D eigenvalue weighted by molar-refractivity contribution is -0.114. The second-order valence-corrected chi connectivity index (χ2v) is 9.74. The predicted octanol–water partition coefficient (Wildman–Crippen LogP) is 4.26. The first-order valence-corrected chi connectivity index (χ1v) is 11.9. The van der Waals surface area contributed by atoms with Crippen molar-refractivity contribution in [2.45, 2.75) is 12.8 Å². The zero-order valence-corrected chi connectivity index (χ0v) is 19.1. The summed E-state index contributed by atoms with van der Waals surface area (Å²) in [5.41, 5.74) is 10.3. The Hall–Kier alpha value is -4.77. The van der Waals surface area contributed by atoms with Gasteiger partial charge in [-0.25, -0.2) is 4.98 Å². The zero-order valence-electron chi connectivity index (χ0n) is 19.1. The molecule has 36 heavy (non-hydrogen) atoms. The predicted molar refractivity (Wildman–Crippen MR) is 143 cm³/mol. The minimum Gasteiger partial charge on any atom is -0.507 e. The molecule has 0 saturated heterocycles. The molecular formula is C31H18N2O3. The van der Waals surface area contributed by atoms with E-state index in [9.17, 15) is 14.7 Å². The van der Waals surface area contributed by atoms with Crippen LogP contribution >= 0.6 is 0 Å². The lowest BCUT2D eigenvalue weighted by Crippen LogP contribution is -2.15. The molecule has 0 unspecified atom stereocenters. The number of hydrogen-bond acceptors (Lipinski definition) is 5. The van der Waals surface area contributed by atoms with Gasteiger partial charge in [0.2, 0.25) is 0 Å². The Kier molecular flexibility index (Phi) is 3.50. The molecule has 5 heteroatoms. The van der Waals surface area contributed by atoms with Gasteiger partial charge in [-0.05, 0) is 51.9 Å². The number of hydrogen-bond donors (Lipinski definition) is 2. The molecule has 0 aliphatic heterocycles. The number of carbonyl (C=O) groups is 1. The third-order valence-electron chi connectivity index (χ3n) is 7.84. The van der Waals surface area contributed by atoms with Gasteiger partial charge in [-0.15, -0.1) is 0 Å². The van der Waals surface area contributed by atoms with Crippen molar-refractivity contribution < 1.29 is 9.90 Å². The summed E-state index contributed by atoms with van der Waals surface area (Å²) in [5.74, 6) is 0.244. The largest absolute Gasteiger partial charge is 0.507 e. The molecule has 1 aromatic heterocycles. The number of carbonyl (C=O) groups excluding carboxylic acids is 1. The number of fused-ring (bicyclic) bond motifs is 8. The van der Waals surface area contributed by atoms with Crippen LogP contribution in [0.25, 0.3) is 55.4 Å². The van der Waals surface area contributed by atoms with Crippen molar-refractivity contribution in [3.63, 3.8) is 0 Å². The van der Waals surface area contributed by atoms with Gasteiger partial charge < -0.3 is 10.8 Å². The molecule has 0 spiro atoms. The Balaban J connectivity index is 1.65. The molecule has 0 saturated carbocycles. The molecule has 0 fully saturated rings. The second kappa shape index (κ2) is 6.46. The van der Waals surface area contributed by atoms with Crippen LogP contribution in [0.4, 0.5) is 5.69 Å². The maximum Gasteiger partial charge on any atom is 0.196 e. The molecule has 170 valence electrons. The highest BCUT2D eigenvalue weighted by Gasteiger charge is 2.24. The van der Waals surface area contributed by atoms with Gasteiger partial charge in [-0.3, -0.25) is 9.59 Å². The number of aromatic nitrogens is 1. The number of benzene rings is 5. The zero-order chi connectivity index (χ0) is 24.3. The second-order valence-electron chi connectivity index (χ2n) is 9.74. The quantitative estimate of drug-likeness (QED) is 0.198.